The Morgan fingerprint density at radius 3 is 2.23 bits per heavy atom. The number of nitrogens with zero attached hydrogens (tertiary/aromatic N) is 1. The SMILES string of the molecule is COC(=O)C(Cc1ccccc1)NC(=O)CNC(c1ccccc1)c1ccccn1. The summed E-state index contributed by atoms with van der Waals surface area (Å²) in [5, 5.41) is 6.03. The number of benzene rings is 2. The van der Waals surface area contributed by atoms with Gasteiger partial charge in [-0.1, -0.05) is 66.7 Å². The lowest BCUT2D eigenvalue weighted by Crippen LogP contribution is -2.46. The molecule has 3 aromatic rings. The predicted molar refractivity (Wildman–Crippen MR) is 115 cm³/mol. The minimum absolute atomic E-state index is 0.0262. The fourth-order valence-electron chi connectivity index (χ4n) is 3.21. The number of aromatic nitrogens is 1. The second-order valence-electron chi connectivity index (χ2n) is 6.81. The molecule has 1 amide bonds. The first-order valence-corrected chi connectivity index (χ1v) is 9.77. The molecule has 154 valence electrons. The largest absolute Gasteiger partial charge is 0.467 e. The minimum Gasteiger partial charge on any atom is -0.467 e. The molecule has 0 aliphatic rings. The lowest BCUT2D eigenvalue weighted by molar-refractivity contribution is -0.144. The third kappa shape index (κ3) is 5.99. The van der Waals surface area contributed by atoms with E-state index in [1.54, 1.807) is 6.20 Å². The summed E-state index contributed by atoms with van der Waals surface area (Å²) in [7, 11) is 1.32. The van der Waals surface area contributed by atoms with Crippen LogP contribution in [0.5, 0.6) is 0 Å². The van der Waals surface area contributed by atoms with Gasteiger partial charge in [0.15, 0.2) is 0 Å². The molecule has 6 nitrogen and oxygen atoms in total. The number of hydrogen-bond donors (Lipinski definition) is 2. The fraction of sp³-hybridized carbons (Fsp3) is 0.208. The molecular formula is C24H25N3O3. The molecule has 0 radical (unpaired) electrons. The zero-order valence-corrected chi connectivity index (χ0v) is 16.8. The van der Waals surface area contributed by atoms with Crippen LogP contribution in [0.1, 0.15) is 22.9 Å². The van der Waals surface area contributed by atoms with E-state index in [2.05, 4.69) is 15.6 Å². The number of methoxy groups -OCH3 is 1. The first-order valence-electron chi connectivity index (χ1n) is 9.77. The van der Waals surface area contributed by atoms with Crippen LogP contribution in [0.25, 0.3) is 0 Å². The van der Waals surface area contributed by atoms with Gasteiger partial charge in [-0.25, -0.2) is 4.79 Å². The third-order valence-electron chi connectivity index (χ3n) is 4.69. The number of ether oxygens (including phenoxy) is 1. The molecule has 0 saturated heterocycles. The molecule has 2 N–H and O–H groups in total. The van der Waals surface area contributed by atoms with Crippen LogP contribution in [-0.2, 0) is 20.7 Å². The van der Waals surface area contributed by atoms with Crippen molar-refractivity contribution in [2.24, 2.45) is 0 Å². The third-order valence-corrected chi connectivity index (χ3v) is 4.69. The van der Waals surface area contributed by atoms with E-state index in [1.807, 2.05) is 78.9 Å². The summed E-state index contributed by atoms with van der Waals surface area (Å²) in [6.07, 6.45) is 2.09. The lowest BCUT2D eigenvalue weighted by atomic mass is 10.0. The number of nitrogens with one attached hydrogen (secondary N) is 2. The maximum Gasteiger partial charge on any atom is 0.328 e. The summed E-state index contributed by atoms with van der Waals surface area (Å²) in [6, 6.07) is 24.0. The molecule has 2 atom stereocenters. The average molecular weight is 403 g/mol. The van der Waals surface area contributed by atoms with Crippen molar-refractivity contribution in [1.82, 2.24) is 15.6 Å². The monoisotopic (exact) mass is 403 g/mol. The minimum atomic E-state index is -0.753. The van der Waals surface area contributed by atoms with Gasteiger partial charge in [0.2, 0.25) is 5.91 Å². The van der Waals surface area contributed by atoms with Gasteiger partial charge in [0, 0.05) is 12.6 Å². The molecular weight excluding hydrogens is 378 g/mol. The van der Waals surface area contributed by atoms with Crippen molar-refractivity contribution in [3.63, 3.8) is 0 Å². The Kier molecular flexibility index (Phi) is 7.69. The highest BCUT2D eigenvalue weighted by molar-refractivity contribution is 5.85. The fourth-order valence-corrected chi connectivity index (χ4v) is 3.21. The van der Waals surface area contributed by atoms with Crippen molar-refractivity contribution in [1.29, 1.82) is 0 Å². The van der Waals surface area contributed by atoms with Crippen LogP contribution in [0, 0.1) is 0 Å². The zero-order valence-electron chi connectivity index (χ0n) is 16.8. The Bertz CT molecular complexity index is 894. The van der Waals surface area contributed by atoms with E-state index >= 15 is 0 Å². The molecule has 0 aliphatic carbocycles. The molecule has 6 heteroatoms. The molecule has 30 heavy (non-hydrogen) atoms. The van der Waals surface area contributed by atoms with Gasteiger partial charge in [-0.3, -0.25) is 15.1 Å². The van der Waals surface area contributed by atoms with Gasteiger partial charge in [-0.15, -0.1) is 0 Å². The number of carbonyl (C=O) groups is 2. The highest BCUT2D eigenvalue weighted by Crippen LogP contribution is 2.19. The number of amides is 1. The Labute approximate surface area is 176 Å². The quantitative estimate of drug-likeness (QED) is 0.537. The van der Waals surface area contributed by atoms with Gasteiger partial charge in [0.25, 0.3) is 0 Å². The normalized spacial score (nSPS) is 12.6. The van der Waals surface area contributed by atoms with Crippen LogP contribution < -0.4 is 10.6 Å². The molecule has 0 saturated carbocycles. The van der Waals surface area contributed by atoms with Crippen molar-refractivity contribution in [3.8, 4) is 0 Å². The predicted octanol–water partition coefficient (Wildman–Crippen LogP) is 2.66. The highest BCUT2D eigenvalue weighted by Gasteiger charge is 2.23. The summed E-state index contributed by atoms with van der Waals surface area (Å²) in [4.78, 5) is 29.2. The number of rotatable bonds is 9. The standard InChI is InChI=1S/C24H25N3O3/c1-30-24(29)21(16-18-10-4-2-5-11-18)27-22(28)17-26-23(19-12-6-3-7-13-19)20-14-8-9-15-25-20/h2-15,21,23,26H,16-17H2,1H3,(H,27,28). The molecule has 0 fully saturated rings. The average Bonchev–Trinajstić information content (AvgIpc) is 2.80. The Morgan fingerprint density at radius 1 is 0.933 bits per heavy atom. The summed E-state index contributed by atoms with van der Waals surface area (Å²) in [6.45, 7) is 0.0262. The molecule has 0 spiro atoms. The van der Waals surface area contributed by atoms with Crippen molar-refractivity contribution in [2.75, 3.05) is 13.7 Å². The Morgan fingerprint density at radius 2 is 1.60 bits per heavy atom. The van der Waals surface area contributed by atoms with E-state index in [1.165, 1.54) is 7.11 Å². The first-order chi connectivity index (χ1) is 14.7. The summed E-state index contributed by atoms with van der Waals surface area (Å²) in [5.74, 6) is -0.769. The van der Waals surface area contributed by atoms with Crippen molar-refractivity contribution < 1.29 is 14.3 Å². The molecule has 1 heterocycles. The van der Waals surface area contributed by atoms with E-state index in [4.69, 9.17) is 4.74 Å². The number of hydrogen-bond acceptors (Lipinski definition) is 5. The smallest absolute Gasteiger partial charge is 0.328 e. The number of esters is 1. The maximum absolute atomic E-state index is 12.6. The van der Waals surface area contributed by atoms with E-state index in [-0.39, 0.29) is 18.5 Å². The van der Waals surface area contributed by atoms with Gasteiger partial charge in [-0.05, 0) is 23.3 Å². The topological polar surface area (TPSA) is 80.3 Å². The Hall–Kier alpha value is -3.51. The van der Waals surface area contributed by atoms with Crippen LogP contribution >= 0.6 is 0 Å². The van der Waals surface area contributed by atoms with Crippen LogP contribution in [0.2, 0.25) is 0 Å². The molecule has 1 aromatic heterocycles. The summed E-state index contributed by atoms with van der Waals surface area (Å²) >= 11 is 0. The zero-order chi connectivity index (χ0) is 21.2. The van der Waals surface area contributed by atoms with Crippen molar-refractivity contribution in [2.45, 2.75) is 18.5 Å². The van der Waals surface area contributed by atoms with Crippen molar-refractivity contribution in [3.05, 3.63) is 102 Å². The van der Waals surface area contributed by atoms with Crippen LogP contribution in [0.15, 0.2) is 85.1 Å². The maximum atomic E-state index is 12.6. The van der Waals surface area contributed by atoms with Gasteiger partial charge >= 0.3 is 5.97 Å². The number of carbonyl (C=O) groups excluding carboxylic acids is 2. The van der Waals surface area contributed by atoms with Crippen LogP contribution in [0.3, 0.4) is 0 Å². The van der Waals surface area contributed by atoms with E-state index in [0.717, 1.165) is 16.8 Å². The van der Waals surface area contributed by atoms with Gasteiger partial charge in [0.05, 0.1) is 25.4 Å². The Balaban J connectivity index is 1.67. The molecule has 0 bridgehead atoms. The van der Waals surface area contributed by atoms with E-state index in [9.17, 15) is 9.59 Å². The number of pyridine rings is 1. The molecule has 0 aliphatic heterocycles. The second-order valence-corrected chi connectivity index (χ2v) is 6.81. The van der Waals surface area contributed by atoms with Gasteiger partial charge in [-0.2, -0.15) is 0 Å². The van der Waals surface area contributed by atoms with Gasteiger partial charge in [0.1, 0.15) is 6.04 Å². The van der Waals surface area contributed by atoms with Gasteiger partial charge < -0.3 is 10.1 Å². The summed E-state index contributed by atoms with van der Waals surface area (Å²) < 4.78 is 4.87. The molecule has 2 aromatic carbocycles. The van der Waals surface area contributed by atoms with E-state index < -0.39 is 12.0 Å². The lowest BCUT2D eigenvalue weighted by Gasteiger charge is -2.20. The van der Waals surface area contributed by atoms with Crippen LogP contribution in [0.4, 0.5) is 0 Å². The first kappa shape index (κ1) is 21.2. The summed E-state index contributed by atoms with van der Waals surface area (Å²) in [5.41, 5.74) is 2.75. The van der Waals surface area contributed by atoms with E-state index in [0.29, 0.717) is 6.42 Å². The molecule has 3 rings (SSSR count). The van der Waals surface area contributed by atoms with Crippen molar-refractivity contribution >= 4 is 11.9 Å². The molecule has 2 unspecified atom stereocenters. The second kappa shape index (κ2) is 10.9. The highest BCUT2D eigenvalue weighted by atomic mass is 16.5. The van der Waals surface area contributed by atoms with Crippen LogP contribution in [-0.4, -0.2) is 36.6 Å².